The molecule has 0 saturated carbocycles. The molecule has 20 heavy (non-hydrogen) atoms. The lowest BCUT2D eigenvalue weighted by Crippen LogP contribution is -2.43. The molecule has 1 unspecified atom stereocenters. The standard InChI is InChI=1S/C12H16ClNO5S/c1-12(11(15)16,20(2,17)18)5-3-7-19-10-8-9(13)4-6-14-10/h4,6,8H,3,5,7H2,1-2H3,(H,15,16). The van der Waals surface area contributed by atoms with Gasteiger partial charge in [0, 0.05) is 23.5 Å². The molecule has 0 aliphatic rings. The molecule has 0 radical (unpaired) electrons. The minimum absolute atomic E-state index is 0.0399. The zero-order valence-corrected chi connectivity index (χ0v) is 12.7. The van der Waals surface area contributed by atoms with Gasteiger partial charge >= 0.3 is 5.97 Å². The normalized spacial score (nSPS) is 14.6. The van der Waals surface area contributed by atoms with Gasteiger partial charge in [-0.05, 0) is 25.8 Å². The van der Waals surface area contributed by atoms with E-state index in [0.717, 1.165) is 6.26 Å². The fourth-order valence-electron chi connectivity index (χ4n) is 1.50. The van der Waals surface area contributed by atoms with Gasteiger partial charge in [0.05, 0.1) is 6.61 Å². The minimum Gasteiger partial charge on any atom is -0.480 e. The summed E-state index contributed by atoms with van der Waals surface area (Å²) in [7, 11) is -3.71. The molecular weight excluding hydrogens is 306 g/mol. The van der Waals surface area contributed by atoms with E-state index in [1.54, 1.807) is 6.07 Å². The molecule has 1 aromatic rings. The molecule has 0 aliphatic heterocycles. The second kappa shape index (κ2) is 6.41. The van der Waals surface area contributed by atoms with E-state index in [1.165, 1.54) is 19.2 Å². The number of carboxylic acid groups (broad SMARTS) is 1. The Bertz CT molecular complexity index is 589. The smallest absolute Gasteiger partial charge is 0.324 e. The number of sulfone groups is 1. The lowest BCUT2D eigenvalue weighted by atomic mass is 10.1. The van der Waals surface area contributed by atoms with E-state index in [0.29, 0.717) is 10.9 Å². The Hall–Kier alpha value is -1.34. The number of carbonyl (C=O) groups is 1. The number of carboxylic acids is 1. The first kappa shape index (κ1) is 16.7. The monoisotopic (exact) mass is 321 g/mol. The summed E-state index contributed by atoms with van der Waals surface area (Å²) < 4.78 is 26.6. The summed E-state index contributed by atoms with van der Waals surface area (Å²) >= 11 is 5.75. The van der Waals surface area contributed by atoms with Crippen LogP contribution in [0.4, 0.5) is 0 Å². The van der Waals surface area contributed by atoms with Gasteiger partial charge in [-0.15, -0.1) is 0 Å². The molecule has 1 N–H and O–H groups in total. The average Bonchev–Trinajstić information content (AvgIpc) is 2.32. The quantitative estimate of drug-likeness (QED) is 0.769. The number of halogens is 1. The molecule has 0 spiro atoms. The summed E-state index contributed by atoms with van der Waals surface area (Å²) in [5, 5.41) is 9.54. The Morgan fingerprint density at radius 3 is 2.70 bits per heavy atom. The van der Waals surface area contributed by atoms with Crippen molar-refractivity contribution in [2.75, 3.05) is 12.9 Å². The lowest BCUT2D eigenvalue weighted by molar-refractivity contribution is -0.139. The summed E-state index contributed by atoms with van der Waals surface area (Å²) in [6, 6.07) is 3.12. The van der Waals surface area contributed by atoms with Crippen molar-refractivity contribution >= 4 is 27.4 Å². The number of hydrogen-bond acceptors (Lipinski definition) is 5. The van der Waals surface area contributed by atoms with Gasteiger partial charge in [-0.3, -0.25) is 4.79 Å². The Balaban J connectivity index is 2.57. The minimum atomic E-state index is -3.71. The predicted octanol–water partition coefficient (Wildman–Crippen LogP) is 1.78. The van der Waals surface area contributed by atoms with Gasteiger partial charge in [0.1, 0.15) is 0 Å². The summed E-state index contributed by atoms with van der Waals surface area (Å²) in [5.74, 6) is -1.05. The third-order valence-corrected chi connectivity index (χ3v) is 5.27. The van der Waals surface area contributed by atoms with E-state index >= 15 is 0 Å². The van der Waals surface area contributed by atoms with E-state index in [-0.39, 0.29) is 19.4 Å². The van der Waals surface area contributed by atoms with Crippen LogP contribution in [0.1, 0.15) is 19.8 Å². The summed E-state index contributed by atoms with van der Waals surface area (Å²) in [5.41, 5.74) is 0. The highest BCUT2D eigenvalue weighted by Crippen LogP contribution is 2.23. The number of aliphatic carboxylic acids is 1. The lowest BCUT2D eigenvalue weighted by Gasteiger charge is -2.22. The van der Waals surface area contributed by atoms with Crippen LogP contribution in [-0.2, 0) is 14.6 Å². The van der Waals surface area contributed by atoms with Crippen molar-refractivity contribution in [3.8, 4) is 5.88 Å². The Kier molecular flexibility index (Phi) is 5.35. The van der Waals surface area contributed by atoms with Crippen LogP contribution >= 0.6 is 11.6 Å². The molecule has 112 valence electrons. The maximum atomic E-state index is 11.6. The van der Waals surface area contributed by atoms with Crippen LogP contribution in [0, 0.1) is 0 Å². The van der Waals surface area contributed by atoms with Crippen molar-refractivity contribution in [3.05, 3.63) is 23.4 Å². The summed E-state index contributed by atoms with van der Waals surface area (Å²) in [4.78, 5) is 15.0. The highest BCUT2D eigenvalue weighted by Gasteiger charge is 2.43. The van der Waals surface area contributed by atoms with Crippen molar-refractivity contribution in [3.63, 3.8) is 0 Å². The molecule has 0 amide bonds. The Labute approximate surface area is 122 Å². The first-order chi connectivity index (χ1) is 9.17. The molecule has 1 atom stereocenters. The summed E-state index contributed by atoms with van der Waals surface area (Å²) in [6.45, 7) is 1.36. The molecule has 6 nitrogen and oxygen atoms in total. The SMILES string of the molecule is CC(CCCOc1cc(Cl)ccn1)(C(=O)O)S(C)(=O)=O. The van der Waals surface area contributed by atoms with Crippen molar-refractivity contribution in [2.45, 2.75) is 24.5 Å². The summed E-state index contributed by atoms with van der Waals surface area (Å²) in [6.07, 6.45) is 2.63. The van der Waals surface area contributed by atoms with Crippen LogP contribution in [0.2, 0.25) is 5.02 Å². The van der Waals surface area contributed by atoms with Crippen molar-refractivity contribution < 1.29 is 23.1 Å². The van der Waals surface area contributed by atoms with Gasteiger partial charge < -0.3 is 9.84 Å². The molecule has 8 heteroatoms. The van der Waals surface area contributed by atoms with Crippen LogP contribution in [0.3, 0.4) is 0 Å². The van der Waals surface area contributed by atoms with Crippen LogP contribution < -0.4 is 4.74 Å². The molecule has 0 saturated heterocycles. The van der Waals surface area contributed by atoms with E-state index in [1.807, 2.05) is 0 Å². The van der Waals surface area contributed by atoms with Gasteiger partial charge in [0.15, 0.2) is 14.6 Å². The van der Waals surface area contributed by atoms with Gasteiger partial charge in [0.25, 0.3) is 0 Å². The molecule has 1 heterocycles. The van der Waals surface area contributed by atoms with E-state index in [2.05, 4.69) is 4.98 Å². The highest BCUT2D eigenvalue weighted by molar-refractivity contribution is 7.92. The largest absolute Gasteiger partial charge is 0.480 e. The second-order valence-electron chi connectivity index (χ2n) is 4.57. The molecular formula is C12H16ClNO5S. The van der Waals surface area contributed by atoms with Crippen molar-refractivity contribution in [1.29, 1.82) is 0 Å². The molecule has 0 aromatic carbocycles. The third kappa shape index (κ3) is 4.08. The van der Waals surface area contributed by atoms with Crippen molar-refractivity contribution in [1.82, 2.24) is 4.98 Å². The Morgan fingerprint density at radius 1 is 1.55 bits per heavy atom. The van der Waals surface area contributed by atoms with Crippen LogP contribution in [-0.4, -0.2) is 42.1 Å². The molecule has 0 aliphatic carbocycles. The fraction of sp³-hybridized carbons (Fsp3) is 0.500. The fourth-order valence-corrected chi connectivity index (χ4v) is 2.48. The van der Waals surface area contributed by atoms with Gasteiger partial charge in [0.2, 0.25) is 5.88 Å². The number of hydrogen-bond donors (Lipinski definition) is 1. The van der Waals surface area contributed by atoms with E-state index in [9.17, 15) is 13.2 Å². The number of ether oxygens (including phenoxy) is 1. The van der Waals surface area contributed by atoms with E-state index < -0.39 is 20.6 Å². The van der Waals surface area contributed by atoms with Crippen LogP contribution in [0.5, 0.6) is 5.88 Å². The zero-order valence-electron chi connectivity index (χ0n) is 11.2. The van der Waals surface area contributed by atoms with Crippen LogP contribution in [0.25, 0.3) is 0 Å². The molecule has 0 bridgehead atoms. The number of nitrogens with zero attached hydrogens (tertiary/aromatic N) is 1. The molecule has 1 aromatic heterocycles. The molecule has 1 rings (SSSR count). The first-order valence-electron chi connectivity index (χ1n) is 5.84. The number of aromatic nitrogens is 1. The second-order valence-corrected chi connectivity index (χ2v) is 7.45. The highest BCUT2D eigenvalue weighted by atomic mass is 35.5. The maximum absolute atomic E-state index is 11.6. The van der Waals surface area contributed by atoms with Gasteiger partial charge in [-0.2, -0.15) is 0 Å². The Morgan fingerprint density at radius 2 is 2.20 bits per heavy atom. The number of pyridine rings is 1. The number of rotatable bonds is 7. The van der Waals surface area contributed by atoms with E-state index in [4.69, 9.17) is 21.4 Å². The van der Waals surface area contributed by atoms with Crippen molar-refractivity contribution in [2.24, 2.45) is 0 Å². The zero-order chi connectivity index (χ0) is 15.4. The first-order valence-corrected chi connectivity index (χ1v) is 8.11. The van der Waals surface area contributed by atoms with Crippen LogP contribution in [0.15, 0.2) is 18.3 Å². The molecule has 0 fully saturated rings. The van der Waals surface area contributed by atoms with Gasteiger partial charge in [-0.1, -0.05) is 11.6 Å². The maximum Gasteiger partial charge on any atom is 0.324 e. The third-order valence-electron chi connectivity index (χ3n) is 3.02. The van der Waals surface area contributed by atoms with Gasteiger partial charge in [-0.25, -0.2) is 13.4 Å². The average molecular weight is 322 g/mol. The topological polar surface area (TPSA) is 93.6 Å². The predicted molar refractivity (Wildman–Crippen MR) is 74.9 cm³/mol.